The summed E-state index contributed by atoms with van der Waals surface area (Å²) >= 11 is 1.27. The Bertz CT molecular complexity index is 1630. The Labute approximate surface area is 210 Å². The van der Waals surface area contributed by atoms with Gasteiger partial charge in [-0.3, -0.25) is 19.0 Å². The number of amides is 1. The van der Waals surface area contributed by atoms with E-state index in [1.165, 1.54) is 11.3 Å². The molecule has 1 atom stereocenters. The van der Waals surface area contributed by atoms with E-state index in [0.29, 0.717) is 29.3 Å². The van der Waals surface area contributed by atoms with E-state index in [1.807, 2.05) is 46.4 Å². The number of para-hydroxylation sites is 2. The molecule has 0 saturated carbocycles. The van der Waals surface area contributed by atoms with Gasteiger partial charge >= 0.3 is 0 Å². The van der Waals surface area contributed by atoms with Gasteiger partial charge in [0.15, 0.2) is 10.7 Å². The Morgan fingerprint density at radius 1 is 1.08 bits per heavy atom. The van der Waals surface area contributed by atoms with E-state index in [1.54, 1.807) is 42.0 Å². The van der Waals surface area contributed by atoms with Crippen LogP contribution in [0, 0.1) is 6.92 Å². The highest BCUT2D eigenvalue weighted by Crippen LogP contribution is 2.40. The number of Topliss-reactive ketones (excluding diaryl/α,β-unsaturated/α-hetero) is 1. The molecule has 0 radical (unpaired) electrons. The molecule has 4 aromatic heterocycles. The molecule has 9 nitrogen and oxygen atoms in total. The number of thiazole rings is 1. The van der Waals surface area contributed by atoms with Crippen LogP contribution in [0.5, 0.6) is 0 Å². The average molecular weight is 499 g/mol. The second-order valence-corrected chi connectivity index (χ2v) is 9.64. The first-order valence-electron chi connectivity index (χ1n) is 11.6. The summed E-state index contributed by atoms with van der Waals surface area (Å²) < 4.78 is 3.88. The van der Waals surface area contributed by atoms with Gasteiger partial charge in [-0.2, -0.15) is 0 Å². The van der Waals surface area contributed by atoms with Crippen molar-refractivity contribution in [3.8, 4) is 0 Å². The van der Waals surface area contributed by atoms with Crippen molar-refractivity contribution in [3.63, 3.8) is 0 Å². The monoisotopic (exact) mass is 498 g/mol. The number of benzene rings is 1. The van der Waals surface area contributed by atoms with Gasteiger partial charge in [-0.1, -0.05) is 23.5 Å². The number of hydrogen-bond donors (Lipinski definition) is 1. The largest absolute Gasteiger partial charge is 0.503 e. The van der Waals surface area contributed by atoms with Crippen LogP contribution in [0.15, 0.2) is 78.8 Å². The number of imidazole rings is 2. The van der Waals surface area contributed by atoms with Crippen LogP contribution in [-0.4, -0.2) is 52.2 Å². The minimum absolute atomic E-state index is 0.0886. The maximum atomic E-state index is 14.0. The number of carbonyl (C=O) groups is 2. The number of hydrogen-bond acceptors (Lipinski definition) is 7. The molecule has 10 heteroatoms. The van der Waals surface area contributed by atoms with Gasteiger partial charge in [0.25, 0.3) is 5.91 Å². The van der Waals surface area contributed by atoms with Crippen LogP contribution in [-0.2, 0) is 11.3 Å². The first kappa shape index (κ1) is 22.2. The van der Waals surface area contributed by atoms with Gasteiger partial charge in [0.1, 0.15) is 0 Å². The second kappa shape index (κ2) is 8.72. The molecular weight excluding hydrogens is 476 g/mol. The third kappa shape index (κ3) is 3.49. The minimum Gasteiger partial charge on any atom is -0.503 e. The van der Waals surface area contributed by atoms with E-state index in [2.05, 4.69) is 15.0 Å². The predicted octanol–water partition coefficient (Wildman–Crippen LogP) is 4.12. The smallest absolute Gasteiger partial charge is 0.290 e. The Morgan fingerprint density at radius 3 is 2.67 bits per heavy atom. The number of fused-ring (bicyclic) bond motifs is 3. The zero-order valence-electron chi connectivity index (χ0n) is 19.4. The predicted molar refractivity (Wildman–Crippen MR) is 135 cm³/mol. The van der Waals surface area contributed by atoms with Crippen LogP contribution in [0.25, 0.3) is 16.0 Å². The fourth-order valence-electron chi connectivity index (χ4n) is 4.85. The number of aromatic nitrogens is 5. The van der Waals surface area contributed by atoms with Crippen molar-refractivity contribution in [2.75, 3.05) is 6.54 Å². The highest BCUT2D eigenvalue weighted by atomic mass is 32.1. The van der Waals surface area contributed by atoms with Crippen molar-refractivity contribution in [3.05, 3.63) is 95.0 Å². The molecule has 1 aromatic carbocycles. The second-order valence-electron chi connectivity index (χ2n) is 8.66. The number of pyridine rings is 1. The van der Waals surface area contributed by atoms with Crippen LogP contribution in [0.2, 0.25) is 0 Å². The molecule has 0 saturated heterocycles. The summed E-state index contributed by atoms with van der Waals surface area (Å²) in [6.07, 6.45) is 9.16. The highest BCUT2D eigenvalue weighted by Gasteiger charge is 2.44. The number of aliphatic hydroxyl groups is 1. The number of nitrogens with zero attached hydrogens (tertiary/aromatic N) is 6. The molecule has 1 aliphatic heterocycles. The summed E-state index contributed by atoms with van der Waals surface area (Å²) in [5, 5.41) is 11.0. The first-order valence-corrected chi connectivity index (χ1v) is 12.4. The fraction of sp³-hybridized carbons (Fsp3) is 0.192. The molecule has 0 bridgehead atoms. The zero-order chi connectivity index (χ0) is 24.8. The lowest BCUT2D eigenvalue weighted by molar-refractivity contribution is -0.129. The number of aryl methyl sites for hydroxylation is 2. The Hall–Kier alpha value is -4.31. The van der Waals surface area contributed by atoms with Gasteiger partial charge in [0.05, 0.1) is 33.9 Å². The van der Waals surface area contributed by atoms with Crippen LogP contribution in [0.1, 0.15) is 33.4 Å². The first-order chi connectivity index (χ1) is 17.5. The van der Waals surface area contributed by atoms with Crippen molar-refractivity contribution in [1.82, 2.24) is 28.8 Å². The molecule has 6 rings (SSSR count). The van der Waals surface area contributed by atoms with Gasteiger partial charge in [-0.05, 0) is 43.2 Å². The molecule has 36 heavy (non-hydrogen) atoms. The zero-order valence-corrected chi connectivity index (χ0v) is 20.2. The molecule has 0 aliphatic carbocycles. The summed E-state index contributed by atoms with van der Waals surface area (Å²) in [6, 6.07) is 10.6. The van der Waals surface area contributed by atoms with Crippen LogP contribution in [0.4, 0.5) is 0 Å². The van der Waals surface area contributed by atoms with E-state index in [4.69, 9.17) is 0 Å². The lowest BCUT2D eigenvalue weighted by atomic mass is 9.95. The molecule has 180 valence electrons. The molecular formula is C26H22N6O3S. The maximum absolute atomic E-state index is 14.0. The van der Waals surface area contributed by atoms with Crippen molar-refractivity contribution in [2.24, 2.45) is 0 Å². The summed E-state index contributed by atoms with van der Waals surface area (Å²) in [6.45, 7) is 2.89. The molecule has 5 aromatic rings. The van der Waals surface area contributed by atoms with E-state index in [9.17, 15) is 14.7 Å². The molecule has 1 aliphatic rings. The minimum atomic E-state index is -0.707. The summed E-state index contributed by atoms with van der Waals surface area (Å²) in [5.74, 6) is -1.41. The molecule has 1 unspecified atom stereocenters. The van der Waals surface area contributed by atoms with Gasteiger partial charge in [-0.15, -0.1) is 0 Å². The molecule has 1 N–H and O–H groups in total. The molecule has 0 spiro atoms. The van der Waals surface area contributed by atoms with Crippen LogP contribution in [0.3, 0.4) is 0 Å². The molecule has 0 fully saturated rings. The SMILES string of the molecule is Cc1c(C(=O)C2=C(O)C(=O)N(CCCn3ccnc3)C2c2ccncc2)sc2nc3ccccc3n12. The van der Waals surface area contributed by atoms with Crippen LogP contribution >= 0.6 is 11.3 Å². The van der Waals surface area contributed by atoms with Crippen molar-refractivity contribution in [1.29, 1.82) is 0 Å². The van der Waals surface area contributed by atoms with E-state index in [-0.39, 0.29) is 11.4 Å². The highest BCUT2D eigenvalue weighted by molar-refractivity contribution is 7.19. The van der Waals surface area contributed by atoms with Crippen molar-refractivity contribution >= 4 is 39.0 Å². The Morgan fingerprint density at radius 2 is 1.89 bits per heavy atom. The third-order valence-electron chi connectivity index (χ3n) is 6.54. The molecule has 5 heterocycles. The van der Waals surface area contributed by atoms with Crippen LogP contribution < -0.4 is 0 Å². The fourth-order valence-corrected chi connectivity index (χ4v) is 5.94. The molecule has 1 amide bonds. The standard InChI is InChI=1S/C26H22N6O3S/c1-16-24(36-26-29-18-5-2-3-6-19(18)32(16)26)22(33)20-21(17-7-9-27-10-8-17)31(25(35)23(20)34)13-4-12-30-14-11-28-15-30/h2-3,5-11,14-15,21,34H,4,12-13H2,1H3. The van der Waals surface area contributed by atoms with Gasteiger partial charge in [-0.25, -0.2) is 9.97 Å². The summed E-state index contributed by atoms with van der Waals surface area (Å²) in [4.78, 5) is 42.7. The lowest BCUT2D eigenvalue weighted by Gasteiger charge is -2.26. The number of aliphatic hydroxyl groups excluding tert-OH is 1. The number of carbonyl (C=O) groups excluding carboxylic acids is 2. The number of rotatable bonds is 7. The topological polar surface area (TPSA) is 106 Å². The van der Waals surface area contributed by atoms with Crippen molar-refractivity contribution in [2.45, 2.75) is 25.9 Å². The van der Waals surface area contributed by atoms with E-state index in [0.717, 1.165) is 22.3 Å². The Kier molecular flexibility index (Phi) is 5.37. The summed E-state index contributed by atoms with van der Waals surface area (Å²) in [5.41, 5.74) is 3.30. The van der Waals surface area contributed by atoms with Gasteiger partial charge in [0, 0.05) is 43.6 Å². The van der Waals surface area contributed by atoms with E-state index >= 15 is 0 Å². The van der Waals surface area contributed by atoms with Gasteiger partial charge in [0.2, 0.25) is 5.78 Å². The normalized spacial score (nSPS) is 16.1. The summed E-state index contributed by atoms with van der Waals surface area (Å²) in [7, 11) is 0. The average Bonchev–Trinajstić information content (AvgIpc) is 3.66. The van der Waals surface area contributed by atoms with Gasteiger partial charge < -0.3 is 14.6 Å². The maximum Gasteiger partial charge on any atom is 0.290 e. The third-order valence-corrected chi connectivity index (χ3v) is 7.68. The quantitative estimate of drug-likeness (QED) is 0.339. The number of ketones is 1. The Balaban J connectivity index is 1.39. The van der Waals surface area contributed by atoms with Crippen molar-refractivity contribution < 1.29 is 14.7 Å². The van der Waals surface area contributed by atoms with E-state index < -0.39 is 17.7 Å². The lowest BCUT2D eigenvalue weighted by Crippen LogP contribution is -2.32.